The molecule has 0 aliphatic rings. The van der Waals surface area contributed by atoms with E-state index in [4.69, 9.17) is 4.74 Å². The quantitative estimate of drug-likeness (QED) is 0.371. The second-order valence-corrected chi connectivity index (χ2v) is 6.53. The topological polar surface area (TPSA) is 41.6 Å². The number of carbonyl (C=O) groups excluding carboxylic acids is 1. The van der Waals surface area contributed by atoms with Crippen molar-refractivity contribution in [2.24, 2.45) is 5.92 Å². The molecule has 0 saturated carbocycles. The zero-order valence-electron chi connectivity index (χ0n) is 15.3. The molecule has 0 rings (SSSR count). The lowest BCUT2D eigenvalue weighted by Gasteiger charge is -2.11. The highest BCUT2D eigenvalue weighted by Crippen LogP contribution is 2.11. The van der Waals surface area contributed by atoms with Gasteiger partial charge in [-0.25, -0.2) is 0 Å². The first-order valence-electron chi connectivity index (χ1n) is 9.10. The van der Waals surface area contributed by atoms with Crippen LogP contribution < -0.4 is 5.32 Å². The van der Waals surface area contributed by atoms with Gasteiger partial charge in [0.05, 0.1) is 12.5 Å². The smallest absolute Gasteiger partial charge is 0.308 e. The van der Waals surface area contributed by atoms with Gasteiger partial charge in [-0.05, 0) is 39.9 Å². The highest BCUT2D eigenvalue weighted by molar-refractivity contribution is 5.71. The average Bonchev–Trinajstić information content (AvgIpc) is 2.48. The monoisotopic (exact) mass is 314 g/mol. The van der Waals surface area contributed by atoms with Crippen LogP contribution in [0.25, 0.3) is 0 Å². The van der Waals surface area contributed by atoms with Gasteiger partial charge in [0.2, 0.25) is 0 Å². The number of nitrogens with one attached hydrogen (secondary N) is 1. The van der Waals surface area contributed by atoms with Gasteiger partial charge >= 0.3 is 5.97 Å². The lowest BCUT2D eigenvalue weighted by Crippen LogP contribution is -2.27. The molecular formula is C18H38N2O2. The van der Waals surface area contributed by atoms with Crippen molar-refractivity contribution in [1.29, 1.82) is 0 Å². The molecule has 0 aliphatic carbocycles. The molecule has 132 valence electrons. The second kappa shape index (κ2) is 15.3. The van der Waals surface area contributed by atoms with Gasteiger partial charge < -0.3 is 15.0 Å². The summed E-state index contributed by atoms with van der Waals surface area (Å²) in [6.07, 6.45) is 9.05. The van der Waals surface area contributed by atoms with Crippen molar-refractivity contribution in [2.75, 3.05) is 40.3 Å². The SMILES string of the molecule is CCCCCC(C)C(=O)OCCCCCCNCCN(C)C. The molecule has 1 unspecified atom stereocenters. The zero-order chi connectivity index (χ0) is 16.6. The summed E-state index contributed by atoms with van der Waals surface area (Å²) in [6.45, 7) is 7.98. The third-order valence-corrected chi connectivity index (χ3v) is 3.87. The molecule has 0 aliphatic heterocycles. The number of likely N-dealkylation sites (N-methyl/N-ethyl adjacent to an activating group) is 1. The van der Waals surface area contributed by atoms with Crippen LogP contribution in [0.2, 0.25) is 0 Å². The summed E-state index contributed by atoms with van der Waals surface area (Å²) in [5.41, 5.74) is 0. The van der Waals surface area contributed by atoms with E-state index in [0.29, 0.717) is 6.61 Å². The summed E-state index contributed by atoms with van der Waals surface area (Å²) >= 11 is 0. The van der Waals surface area contributed by atoms with Crippen LogP contribution in [-0.4, -0.2) is 51.2 Å². The predicted molar refractivity (Wildman–Crippen MR) is 94.2 cm³/mol. The summed E-state index contributed by atoms with van der Waals surface area (Å²) in [7, 11) is 4.18. The summed E-state index contributed by atoms with van der Waals surface area (Å²) < 4.78 is 5.35. The standard InChI is InChI=1S/C18H38N2O2/c1-5-6-9-12-17(2)18(21)22-16-11-8-7-10-13-19-14-15-20(3)4/h17,19H,5-16H2,1-4H3. The molecular weight excluding hydrogens is 276 g/mol. The molecule has 0 radical (unpaired) electrons. The normalized spacial score (nSPS) is 12.6. The van der Waals surface area contributed by atoms with Crippen LogP contribution in [0.3, 0.4) is 0 Å². The van der Waals surface area contributed by atoms with Crippen molar-refractivity contribution in [3.05, 3.63) is 0 Å². The molecule has 0 saturated heterocycles. The molecule has 22 heavy (non-hydrogen) atoms. The van der Waals surface area contributed by atoms with Gasteiger partial charge in [-0.15, -0.1) is 0 Å². The summed E-state index contributed by atoms with van der Waals surface area (Å²) in [5, 5.41) is 3.44. The number of ether oxygens (including phenoxy) is 1. The fourth-order valence-corrected chi connectivity index (χ4v) is 2.27. The number of hydrogen-bond acceptors (Lipinski definition) is 4. The van der Waals surface area contributed by atoms with Gasteiger partial charge in [-0.2, -0.15) is 0 Å². The van der Waals surface area contributed by atoms with E-state index < -0.39 is 0 Å². The molecule has 0 aromatic heterocycles. The van der Waals surface area contributed by atoms with Gasteiger partial charge in [-0.3, -0.25) is 4.79 Å². The largest absolute Gasteiger partial charge is 0.465 e. The number of unbranched alkanes of at least 4 members (excludes halogenated alkanes) is 5. The molecule has 0 spiro atoms. The summed E-state index contributed by atoms with van der Waals surface area (Å²) in [5.74, 6) is 0.0499. The first-order chi connectivity index (χ1) is 10.6. The van der Waals surface area contributed by atoms with E-state index >= 15 is 0 Å². The third kappa shape index (κ3) is 14.3. The van der Waals surface area contributed by atoms with Crippen LogP contribution in [0.5, 0.6) is 0 Å². The minimum Gasteiger partial charge on any atom is -0.465 e. The fourth-order valence-electron chi connectivity index (χ4n) is 2.27. The molecule has 0 fully saturated rings. The minimum absolute atomic E-state index is 0.0125. The first-order valence-corrected chi connectivity index (χ1v) is 9.10. The first kappa shape index (κ1) is 21.4. The van der Waals surface area contributed by atoms with Crippen LogP contribution in [-0.2, 0) is 9.53 Å². The van der Waals surface area contributed by atoms with Crippen LogP contribution in [0.4, 0.5) is 0 Å². The number of hydrogen-bond donors (Lipinski definition) is 1. The maximum atomic E-state index is 11.8. The fraction of sp³-hybridized carbons (Fsp3) is 0.944. The van der Waals surface area contributed by atoms with Crippen molar-refractivity contribution >= 4 is 5.97 Å². The maximum absolute atomic E-state index is 11.8. The van der Waals surface area contributed by atoms with E-state index in [-0.39, 0.29) is 11.9 Å². The van der Waals surface area contributed by atoms with Crippen LogP contribution >= 0.6 is 0 Å². The number of esters is 1. The van der Waals surface area contributed by atoms with Crippen molar-refractivity contribution in [3.63, 3.8) is 0 Å². The van der Waals surface area contributed by atoms with Crippen molar-refractivity contribution in [3.8, 4) is 0 Å². The van der Waals surface area contributed by atoms with Gasteiger partial charge in [0.15, 0.2) is 0 Å². The van der Waals surface area contributed by atoms with Crippen LogP contribution in [0.1, 0.15) is 65.2 Å². The summed E-state index contributed by atoms with van der Waals surface area (Å²) in [4.78, 5) is 13.9. The predicted octanol–water partition coefficient (Wildman–Crippen LogP) is 3.46. The maximum Gasteiger partial charge on any atom is 0.308 e. The third-order valence-electron chi connectivity index (χ3n) is 3.87. The van der Waals surface area contributed by atoms with Crippen molar-refractivity contribution < 1.29 is 9.53 Å². The highest BCUT2D eigenvalue weighted by atomic mass is 16.5. The Balaban J connectivity index is 3.29. The molecule has 0 amide bonds. The Hall–Kier alpha value is -0.610. The molecule has 1 atom stereocenters. The molecule has 0 aromatic carbocycles. The Kier molecular flexibility index (Phi) is 14.9. The van der Waals surface area contributed by atoms with Crippen LogP contribution in [0.15, 0.2) is 0 Å². The molecule has 4 heteroatoms. The van der Waals surface area contributed by atoms with Gasteiger partial charge in [-0.1, -0.05) is 46.0 Å². The average molecular weight is 315 g/mol. The number of carbonyl (C=O) groups is 1. The summed E-state index contributed by atoms with van der Waals surface area (Å²) in [6, 6.07) is 0. The Morgan fingerprint density at radius 2 is 1.77 bits per heavy atom. The van der Waals surface area contributed by atoms with E-state index in [1.807, 2.05) is 6.92 Å². The van der Waals surface area contributed by atoms with E-state index in [0.717, 1.165) is 45.3 Å². The highest BCUT2D eigenvalue weighted by Gasteiger charge is 2.13. The molecule has 0 bridgehead atoms. The molecule has 0 aromatic rings. The van der Waals surface area contributed by atoms with Gasteiger partial charge in [0, 0.05) is 13.1 Å². The van der Waals surface area contributed by atoms with E-state index in [2.05, 4.69) is 31.2 Å². The number of rotatable bonds is 15. The van der Waals surface area contributed by atoms with E-state index in [9.17, 15) is 4.79 Å². The van der Waals surface area contributed by atoms with E-state index in [1.165, 1.54) is 25.7 Å². The number of nitrogens with zero attached hydrogens (tertiary/aromatic N) is 1. The lowest BCUT2D eigenvalue weighted by atomic mass is 10.0. The Morgan fingerprint density at radius 3 is 2.45 bits per heavy atom. The molecule has 4 nitrogen and oxygen atoms in total. The van der Waals surface area contributed by atoms with Crippen molar-refractivity contribution in [2.45, 2.75) is 65.2 Å². The Labute approximate surface area is 138 Å². The second-order valence-electron chi connectivity index (χ2n) is 6.53. The van der Waals surface area contributed by atoms with Crippen molar-refractivity contribution in [1.82, 2.24) is 10.2 Å². The van der Waals surface area contributed by atoms with Gasteiger partial charge in [0.1, 0.15) is 0 Å². The Bertz CT molecular complexity index is 257. The van der Waals surface area contributed by atoms with Gasteiger partial charge in [0.25, 0.3) is 0 Å². The van der Waals surface area contributed by atoms with E-state index in [1.54, 1.807) is 0 Å². The Morgan fingerprint density at radius 1 is 1.05 bits per heavy atom. The lowest BCUT2D eigenvalue weighted by molar-refractivity contribution is -0.148. The minimum atomic E-state index is -0.0125. The zero-order valence-corrected chi connectivity index (χ0v) is 15.3. The molecule has 1 N–H and O–H groups in total. The van der Waals surface area contributed by atoms with Crippen LogP contribution in [0, 0.1) is 5.92 Å². The molecule has 0 heterocycles.